The number of fused-ring (bicyclic) bond motifs is 1. The SMILES string of the molecule is CC(C)(OOC(C)(C)c1ccccc1)c1ccccc1.S=c1[nH]c2ccccc2[nH]1. The predicted molar refractivity (Wildman–Crippen MR) is 125 cm³/mol. The van der Waals surface area contributed by atoms with Gasteiger partial charge in [0.25, 0.3) is 0 Å². The molecule has 3 aromatic carbocycles. The second kappa shape index (κ2) is 9.39. The maximum atomic E-state index is 5.73. The van der Waals surface area contributed by atoms with E-state index in [1.807, 2.05) is 113 Å². The first-order valence-corrected chi connectivity index (χ1v) is 10.3. The van der Waals surface area contributed by atoms with Crippen molar-refractivity contribution >= 4 is 23.3 Å². The zero-order valence-electron chi connectivity index (χ0n) is 17.8. The minimum Gasteiger partial charge on any atom is -0.331 e. The minimum atomic E-state index is -0.493. The molecule has 5 heteroatoms. The van der Waals surface area contributed by atoms with Gasteiger partial charge in [-0.15, -0.1) is 0 Å². The highest BCUT2D eigenvalue weighted by atomic mass is 32.1. The van der Waals surface area contributed by atoms with Crippen molar-refractivity contribution in [3.63, 3.8) is 0 Å². The average Bonchev–Trinajstić information content (AvgIpc) is 3.14. The number of para-hydroxylation sites is 2. The third-order valence-corrected chi connectivity index (χ3v) is 5.02. The first-order valence-electron chi connectivity index (χ1n) is 9.93. The average molecular weight is 421 g/mol. The van der Waals surface area contributed by atoms with Gasteiger partial charge in [0.05, 0.1) is 11.0 Å². The quantitative estimate of drug-likeness (QED) is 0.207. The number of hydrogen-bond acceptors (Lipinski definition) is 3. The van der Waals surface area contributed by atoms with Gasteiger partial charge in [-0.2, -0.15) is 0 Å². The van der Waals surface area contributed by atoms with Crippen molar-refractivity contribution < 1.29 is 9.78 Å². The predicted octanol–water partition coefficient (Wildman–Crippen LogP) is 7.03. The Kier molecular flexibility index (Phi) is 6.87. The fourth-order valence-corrected chi connectivity index (χ4v) is 3.18. The summed E-state index contributed by atoms with van der Waals surface area (Å²) in [6.07, 6.45) is 0. The number of rotatable bonds is 5. The third kappa shape index (κ3) is 5.66. The molecule has 0 aliphatic carbocycles. The van der Waals surface area contributed by atoms with Crippen LogP contribution in [0, 0.1) is 4.77 Å². The summed E-state index contributed by atoms with van der Waals surface area (Å²) in [6.45, 7) is 8.01. The van der Waals surface area contributed by atoms with Crippen molar-refractivity contribution in [2.45, 2.75) is 38.9 Å². The number of aromatic nitrogens is 2. The summed E-state index contributed by atoms with van der Waals surface area (Å²) in [5.41, 5.74) is 3.31. The van der Waals surface area contributed by atoms with E-state index in [4.69, 9.17) is 22.0 Å². The molecule has 0 fully saturated rings. The van der Waals surface area contributed by atoms with Gasteiger partial charge in [0.15, 0.2) is 4.77 Å². The summed E-state index contributed by atoms with van der Waals surface area (Å²) in [6, 6.07) is 28.1. The lowest BCUT2D eigenvalue weighted by atomic mass is 9.98. The first kappa shape index (κ1) is 22.0. The van der Waals surface area contributed by atoms with Crippen molar-refractivity contribution in [3.8, 4) is 0 Å². The molecule has 0 unspecified atom stereocenters. The number of imidazole rings is 1. The Labute approximate surface area is 182 Å². The van der Waals surface area contributed by atoms with Crippen molar-refractivity contribution in [3.05, 3.63) is 101 Å². The number of benzene rings is 3. The van der Waals surface area contributed by atoms with Crippen LogP contribution in [-0.2, 0) is 21.0 Å². The molecule has 0 aliphatic rings. The minimum absolute atomic E-state index is 0.493. The van der Waals surface area contributed by atoms with Gasteiger partial charge in [0, 0.05) is 0 Å². The highest BCUT2D eigenvalue weighted by molar-refractivity contribution is 7.71. The van der Waals surface area contributed by atoms with Gasteiger partial charge in [0.1, 0.15) is 11.2 Å². The van der Waals surface area contributed by atoms with E-state index >= 15 is 0 Å². The molecule has 0 atom stereocenters. The Hall–Kier alpha value is -2.73. The molecule has 0 aliphatic heterocycles. The van der Waals surface area contributed by atoms with E-state index in [9.17, 15) is 0 Å². The molecule has 1 heterocycles. The van der Waals surface area contributed by atoms with Gasteiger partial charge >= 0.3 is 0 Å². The van der Waals surface area contributed by atoms with Gasteiger partial charge in [-0.25, -0.2) is 9.78 Å². The monoisotopic (exact) mass is 420 g/mol. The summed E-state index contributed by atoms with van der Waals surface area (Å²) in [7, 11) is 0. The smallest absolute Gasteiger partial charge is 0.175 e. The van der Waals surface area contributed by atoms with Crippen LogP contribution in [0.1, 0.15) is 38.8 Å². The van der Waals surface area contributed by atoms with Crippen LogP contribution in [0.5, 0.6) is 0 Å². The van der Waals surface area contributed by atoms with Gasteiger partial charge in [0.2, 0.25) is 0 Å². The molecule has 0 spiro atoms. The van der Waals surface area contributed by atoms with Gasteiger partial charge in [-0.1, -0.05) is 72.8 Å². The standard InChI is InChI=1S/C18H22O2.C7H6N2S/c1-17(2,15-11-7-5-8-12-15)19-20-18(3,4)16-13-9-6-10-14-16;10-7-8-5-3-1-2-4-6(5)9-7/h5-14H,1-4H3;1-4H,(H2,8,9,10). The Bertz CT molecular complexity index is 1030. The molecule has 4 aromatic rings. The van der Waals surface area contributed by atoms with E-state index in [0.717, 1.165) is 22.2 Å². The fraction of sp³-hybridized carbons (Fsp3) is 0.240. The van der Waals surface area contributed by atoms with Crippen molar-refractivity contribution in [1.29, 1.82) is 0 Å². The van der Waals surface area contributed by atoms with Gasteiger partial charge in [-0.05, 0) is 63.2 Å². The molecule has 0 saturated heterocycles. The Morgan fingerprint density at radius 2 is 0.900 bits per heavy atom. The van der Waals surface area contributed by atoms with E-state index < -0.39 is 11.2 Å². The largest absolute Gasteiger partial charge is 0.331 e. The highest BCUT2D eigenvalue weighted by Crippen LogP contribution is 2.31. The number of nitrogens with one attached hydrogen (secondary N) is 2. The molecule has 2 N–H and O–H groups in total. The van der Waals surface area contributed by atoms with Gasteiger partial charge < -0.3 is 9.97 Å². The lowest BCUT2D eigenvalue weighted by Gasteiger charge is -2.31. The van der Waals surface area contributed by atoms with Gasteiger partial charge in [-0.3, -0.25) is 0 Å². The maximum Gasteiger partial charge on any atom is 0.175 e. The second-order valence-electron chi connectivity index (χ2n) is 8.04. The van der Waals surface area contributed by atoms with E-state index in [0.29, 0.717) is 4.77 Å². The summed E-state index contributed by atoms with van der Waals surface area (Å²) in [4.78, 5) is 17.5. The summed E-state index contributed by atoms with van der Waals surface area (Å²) >= 11 is 4.90. The summed E-state index contributed by atoms with van der Waals surface area (Å²) in [5.74, 6) is 0. The molecule has 0 bridgehead atoms. The highest BCUT2D eigenvalue weighted by Gasteiger charge is 2.29. The number of aromatic amines is 2. The van der Waals surface area contributed by atoms with Crippen molar-refractivity contribution in [2.75, 3.05) is 0 Å². The summed E-state index contributed by atoms with van der Waals surface area (Å²) in [5, 5.41) is 0. The lowest BCUT2D eigenvalue weighted by molar-refractivity contribution is -0.410. The normalized spacial score (nSPS) is 11.7. The van der Waals surface area contributed by atoms with Crippen molar-refractivity contribution in [1.82, 2.24) is 9.97 Å². The molecule has 0 saturated carbocycles. The van der Waals surface area contributed by atoms with Crippen LogP contribution in [-0.4, -0.2) is 9.97 Å². The first-order chi connectivity index (χ1) is 14.3. The molecule has 0 amide bonds. The Morgan fingerprint density at radius 1 is 0.567 bits per heavy atom. The molecular formula is C25H28N2O2S. The molecule has 156 valence electrons. The zero-order chi connectivity index (χ0) is 21.6. The molecule has 4 nitrogen and oxygen atoms in total. The van der Waals surface area contributed by atoms with E-state index in [1.54, 1.807) is 0 Å². The van der Waals surface area contributed by atoms with E-state index in [2.05, 4.69) is 9.97 Å². The molecule has 4 rings (SSSR count). The number of hydrogen-bond donors (Lipinski definition) is 2. The number of H-pyrrole nitrogens is 2. The zero-order valence-corrected chi connectivity index (χ0v) is 18.6. The summed E-state index contributed by atoms with van der Waals surface area (Å²) < 4.78 is 0.682. The van der Waals surface area contributed by atoms with Crippen LogP contribution >= 0.6 is 12.2 Å². The van der Waals surface area contributed by atoms with Crippen LogP contribution in [0.15, 0.2) is 84.9 Å². The van der Waals surface area contributed by atoms with Crippen LogP contribution in [0.3, 0.4) is 0 Å². The fourth-order valence-electron chi connectivity index (χ4n) is 2.96. The lowest BCUT2D eigenvalue weighted by Crippen LogP contribution is -2.29. The Balaban J connectivity index is 0.000000212. The van der Waals surface area contributed by atoms with Crippen molar-refractivity contribution in [2.24, 2.45) is 0 Å². The van der Waals surface area contributed by atoms with E-state index in [1.165, 1.54) is 0 Å². The third-order valence-electron chi connectivity index (χ3n) is 4.82. The van der Waals surface area contributed by atoms with E-state index in [-0.39, 0.29) is 0 Å². The Morgan fingerprint density at radius 3 is 1.27 bits per heavy atom. The molecule has 30 heavy (non-hydrogen) atoms. The molecule has 1 aromatic heterocycles. The second-order valence-corrected chi connectivity index (χ2v) is 8.45. The molecule has 0 radical (unpaired) electrons. The topological polar surface area (TPSA) is 50.0 Å². The van der Waals surface area contributed by atoms with Crippen LogP contribution in [0.25, 0.3) is 11.0 Å². The van der Waals surface area contributed by atoms with Crippen LogP contribution in [0.4, 0.5) is 0 Å². The maximum absolute atomic E-state index is 5.73. The van der Waals surface area contributed by atoms with Crippen LogP contribution < -0.4 is 0 Å². The molecular weight excluding hydrogens is 392 g/mol. The van der Waals surface area contributed by atoms with Crippen LogP contribution in [0.2, 0.25) is 0 Å².